The molecule has 0 spiro atoms. The highest BCUT2D eigenvalue weighted by molar-refractivity contribution is 5.89. The Balaban J connectivity index is 1.52. The lowest BCUT2D eigenvalue weighted by atomic mass is 10.0. The lowest BCUT2D eigenvalue weighted by Crippen LogP contribution is -2.38. The molecule has 2 atom stereocenters. The maximum absolute atomic E-state index is 13.2. The molecule has 0 unspecified atom stereocenters. The van der Waals surface area contributed by atoms with E-state index in [1.165, 1.54) is 0 Å². The second kappa shape index (κ2) is 7.41. The second-order valence-corrected chi connectivity index (χ2v) is 7.99. The van der Waals surface area contributed by atoms with Crippen molar-refractivity contribution >= 4 is 11.8 Å². The molecule has 27 heavy (non-hydrogen) atoms. The Morgan fingerprint density at radius 3 is 2.67 bits per heavy atom. The maximum Gasteiger partial charge on any atom is 0.228 e. The van der Waals surface area contributed by atoms with E-state index < -0.39 is 0 Å². The summed E-state index contributed by atoms with van der Waals surface area (Å²) in [6, 6.07) is 6.22. The van der Waals surface area contributed by atoms with E-state index >= 15 is 0 Å². The van der Waals surface area contributed by atoms with Gasteiger partial charge in [0.25, 0.3) is 0 Å². The first-order valence-corrected chi connectivity index (χ1v) is 10.0. The molecule has 2 fully saturated rings. The molecule has 2 amide bonds. The normalized spacial score (nSPS) is 25.2. The van der Waals surface area contributed by atoms with Crippen LogP contribution in [0.15, 0.2) is 18.2 Å². The van der Waals surface area contributed by atoms with Gasteiger partial charge in [0.2, 0.25) is 11.8 Å². The van der Waals surface area contributed by atoms with Crippen LogP contribution in [0.25, 0.3) is 0 Å². The van der Waals surface area contributed by atoms with E-state index in [0.717, 1.165) is 42.9 Å². The third-order valence-corrected chi connectivity index (χ3v) is 5.82. The summed E-state index contributed by atoms with van der Waals surface area (Å²) < 4.78 is 11.5. The number of hydrogen-bond donors (Lipinski definition) is 0. The van der Waals surface area contributed by atoms with Crippen LogP contribution in [0.3, 0.4) is 0 Å². The highest BCUT2D eigenvalue weighted by atomic mass is 16.5. The summed E-state index contributed by atoms with van der Waals surface area (Å²) >= 11 is 0. The minimum absolute atomic E-state index is 0.0536. The fraction of sp³-hybridized carbons (Fsp3) is 0.619. The SMILES string of the molecule is CC(C)N1C[C@H](C(=O)N2CCC[C@H]2c2ccc3c(c2)OCCCO3)CC1=O. The number of benzene rings is 1. The monoisotopic (exact) mass is 372 g/mol. The number of ether oxygens (including phenoxy) is 2. The largest absolute Gasteiger partial charge is 0.490 e. The van der Waals surface area contributed by atoms with Gasteiger partial charge >= 0.3 is 0 Å². The average molecular weight is 372 g/mol. The number of fused-ring (bicyclic) bond motifs is 1. The zero-order valence-electron chi connectivity index (χ0n) is 16.1. The van der Waals surface area contributed by atoms with Gasteiger partial charge in [-0.25, -0.2) is 0 Å². The van der Waals surface area contributed by atoms with Crippen LogP contribution in [-0.4, -0.2) is 54.0 Å². The molecule has 3 heterocycles. The fourth-order valence-corrected chi connectivity index (χ4v) is 4.39. The first kappa shape index (κ1) is 18.1. The maximum atomic E-state index is 13.2. The van der Waals surface area contributed by atoms with Crippen LogP contribution in [0.1, 0.15) is 51.1 Å². The highest BCUT2D eigenvalue weighted by Gasteiger charge is 2.40. The van der Waals surface area contributed by atoms with E-state index in [-0.39, 0.29) is 29.8 Å². The number of nitrogens with zero attached hydrogens (tertiary/aromatic N) is 2. The van der Waals surface area contributed by atoms with Gasteiger partial charge in [-0.2, -0.15) is 0 Å². The van der Waals surface area contributed by atoms with E-state index in [9.17, 15) is 9.59 Å². The minimum atomic E-state index is -0.221. The Morgan fingerprint density at radius 2 is 1.93 bits per heavy atom. The Kier molecular flexibility index (Phi) is 4.98. The van der Waals surface area contributed by atoms with E-state index in [2.05, 4.69) is 0 Å². The lowest BCUT2D eigenvalue weighted by molar-refractivity contribution is -0.136. The highest BCUT2D eigenvalue weighted by Crippen LogP contribution is 2.39. The van der Waals surface area contributed by atoms with Crippen molar-refractivity contribution in [1.82, 2.24) is 9.80 Å². The molecule has 0 saturated carbocycles. The summed E-state index contributed by atoms with van der Waals surface area (Å²) in [7, 11) is 0. The van der Waals surface area contributed by atoms with E-state index in [4.69, 9.17) is 9.47 Å². The second-order valence-electron chi connectivity index (χ2n) is 7.99. The average Bonchev–Trinajstić information content (AvgIpc) is 3.22. The van der Waals surface area contributed by atoms with Crippen molar-refractivity contribution in [2.24, 2.45) is 5.92 Å². The van der Waals surface area contributed by atoms with Crippen LogP contribution in [-0.2, 0) is 9.59 Å². The van der Waals surface area contributed by atoms with Crippen LogP contribution >= 0.6 is 0 Å². The van der Waals surface area contributed by atoms with Crippen molar-refractivity contribution in [3.05, 3.63) is 23.8 Å². The summed E-state index contributed by atoms with van der Waals surface area (Å²) in [6.45, 7) is 6.62. The summed E-state index contributed by atoms with van der Waals surface area (Å²) in [5.41, 5.74) is 1.09. The molecule has 4 rings (SSSR count). The molecule has 0 aliphatic carbocycles. The quantitative estimate of drug-likeness (QED) is 0.819. The summed E-state index contributed by atoms with van der Waals surface area (Å²) in [6.07, 6.45) is 3.14. The molecule has 0 radical (unpaired) electrons. The zero-order chi connectivity index (χ0) is 19.0. The molecular weight excluding hydrogens is 344 g/mol. The van der Waals surface area contributed by atoms with Gasteiger partial charge in [0, 0.05) is 32.0 Å². The van der Waals surface area contributed by atoms with Crippen molar-refractivity contribution < 1.29 is 19.1 Å². The third kappa shape index (κ3) is 3.49. The molecule has 1 aromatic carbocycles. The van der Waals surface area contributed by atoms with Crippen LogP contribution in [0.5, 0.6) is 11.5 Å². The molecule has 146 valence electrons. The number of carbonyl (C=O) groups is 2. The van der Waals surface area contributed by atoms with E-state index in [1.807, 2.05) is 41.8 Å². The molecule has 2 saturated heterocycles. The number of hydrogen-bond acceptors (Lipinski definition) is 4. The van der Waals surface area contributed by atoms with Crippen LogP contribution in [0.2, 0.25) is 0 Å². The van der Waals surface area contributed by atoms with Crippen LogP contribution < -0.4 is 9.47 Å². The van der Waals surface area contributed by atoms with Crippen LogP contribution in [0.4, 0.5) is 0 Å². The predicted octanol–water partition coefficient (Wildman–Crippen LogP) is 2.77. The van der Waals surface area contributed by atoms with E-state index in [1.54, 1.807) is 0 Å². The number of likely N-dealkylation sites (tertiary alicyclic amines) is 2. The topological polar surface area (TPSA) is 59.1 Å². The fourth-order valence-electron chi connectivity index (χ4n) is 4.39. The number of carbonyl (C=O) groups excluding carboxylic acids is 2. The lowest BCUT2D eigenvalue weighted by Gasteiger charge is -2.28. The molecule has 0 bridgehead atoms. The number of amides is 2. The van der Waals surface area contributed by atoms with Gasteiger partial charge in [-0.05, 0) is 44.4 Å². The predicted molar refractivity (Wildman–Crippen MR) is 101 cm³/mol. The molecule has 0 aromatic heterocycles. The first-order chi connectivity index (χ1) is 13.0. The van der Waals surface area contributed by atoms with Gasteiger partial charge in [0.05, 0.1) is 25.2 Å². The Hall–Kier alpha value is -2.24. The molecule has 3 aliphatic rings. The van der Waals surface area contributed by atoms with Gasteiger partial charge < -0.3 is 19.3 Å². The summed E-state index contributed by atoms with van der Waals surface area (Å²) in [5.74, 6) is 1.53. The van der Waals surface area contributed by atoms with E-state index in [0.29, 0.717) is 26.2 Å². The number of rotatable bonds is 3. The molecule has 1 aromatic rings. The molecule has 6 nitrogen and oxygen atoms in total. The van der Waals surface area contributed by atoms with Crippen molar-refractivity contribution in [2.45, 2.75) is 51.6 Å². The Bertz CT molecular complexity index is 733. The smallest absolute Gasteiger partial charge is 0.228 e. The standard InChI is InChI=1S/C21H28N2O4/c1-14(2)23-13-16(12-20(23)24)21(25)22-8-3-5-17(22)15-6-7-18-19(11-15)27-10-4-9-26-18/h6-7,11,14,16-17H,3-5,8-10,12-13H2,1-2H3/t16-,17+/m1/s1. The Morgan fingerprint density at radius 1 is 1.15 bits per heavy atom. The Labute approximate surface area is 160 Å². The molecule has 3 aliphatic heterocycles. The van der Waals surface area contributed by atoms with Gasteiger partial charge in [-0.3, -0.25) is 9.59 Å². The molecule has 0 N–H and O–H groups in total. The zero-order valence-corrected chi connectivity index (χ0v) is 16.1. The molecule has 6 heteroatoms. The van der Waals surface area contributed by atoms with Gasteiger partial charge in [-0.15, -0.1) is 0 Å². The minimum Gasteiger partial charge on any atom is -0.490 e. The van der Waals surface area contributed by atoms with Crippen molar-refractivity contribution in [1.29, 1.82) is 0 Å². The summed E-state index contributed by atoms with van der Waals surface area (Å²) in [4.78, 5) is 29.2. The first-order valence-electron chi connectivity index (χ1n) is 10.0. The van der Waals surface area contributed by atoms with Gasteiger partial charge in [0.15, 0.2) is 11.5 Å². The third-order valence-electron chi connectivity index (χ3n) is 5.82. The van der Waals surface area contributed by atoms with Gasteiger partial charge in [-0.1, -0.05) is 6.07 Å². The van der Waals surface area contributed by atoms with Crippen molar-refractivity contribution in [2.75, 3.05) is 26.3 Å². The van der Waals surface area contributed by atoms with Crippen LogP contribution in [0, 0.1) is 5.92 Å². The van der Waals surface area contributed by atoms with Gasteiger partial charge in [0.1, 0.15) is 0 Å². The van der Waals surface area contributed by atoms with Crippen molar-refractivity contribution in [3.63, 3.8) is 0 Å². The van der Waals surface area contributed by atoms with Crippen molar-refractivity contribution in [3.8, 4) is 11.5 Å². The molecular formula is C21H28N2O4. The summed E-state index contributed by atoms with van der Waals surface area (Å²) in [5, 5.41) is 0.